The molecule has 1 heterocycles. The van der Waals surface area contributed by atoms with Crippen molar-refractivity contribution in [3.05, 3.63) is 68.7 Å². The van der Waals surface area contributed by atoms with Crippen LogP contribution in [0, 0.1) is 0 Å². The Kier molecular flexibility index (Phi) is 6.55. The predicted molar refractivity (Wildman–Crippen MR) is 110 cm³/mol. The lowest BCUT2D eigenvalue weighted by Crippen LogP contribution is -2.44. The molecular formula is C20H16Cl3F3N2O2. The number of nitrogens with zero attached hydrogens (tertiary/aromatic N) is 1. The van der Waals surface area contributed by atoms with Crippen LogP contribution in [0.3, 0.4) is 0 Å². The maximum absolute atomic E-state index is 14.2. The Bertz CT molecular complexity index is 977. The maximum Gasteiger partial charge on any atom is 0.435 e. The zero-order chi connectivity index (χ0) is 22.1. The minimum atomic E-state index is -4.84. The quantitative estimate of drug-likeness (QED) is 0.536. The molecule has 0 spiro atoms. The van der Waals surface area contributed by atoms with Crippen molar-refractivity contribution in [2.24, 2.45) is 5.16 Å². The first-order chi connectivity index (χ1) is 14.1. The Morgan fingerprint density at radius 2 is 1.83 bits per heavy atom. The van der Waals surface area contributed by atoms with Crippen LogP contribution in [0.25, 0.3) is 0 Å². The zero-order valence-electron chi connectivity index (χ0n) is 15.6. The fourth-order valence-corrected chi connectivity index (χ4v) is 3.95. The first kappa shape index (κ1) is 22.7. The van der Waals surface area contributed by atoms with Crippen LogP contribution in [-0.2, 0) is 15.2 Å². The number of carbonyl (C=O) groups excluding carboxylic acids is 1. The highest BCUT2D eigenvalue weighted by Crippen LogP contribution is 2.50. The van der Waals surface area contributed by atoms with Crippen molar-refractivity contribution in [1.29, 1.82) is 0 Å². The summed E-state index contributed by atoms with van der Waals surface area (Å²) in [5.74, 6) is -0.377. The van der Waals surface area contributed by atoms with E-state index in [2.05, 4.69) is 10.5 Å². The molecule has 1 aliphatic heterocycles. The summed E-state index contributed by atoms with van der Waals surface area (Å²) >= 11 is 18.1. The number of benzene rings is 2. The third kappa shape index (κ3) is 4.38. The van der Waals surface area contributed by atoms with E-state index in [1.54, 1.807) is 31.2 Å². The lowest BCUT2D eigenvalue weighted by Gasteiger charge is -2.30. The van der Waals surface area contributed by atoms with Gasteiger partial charge in [-0.3, -0.25) is 4.79 Å². The normalized spacial score (nSPS) is 19.8. The topological polar surface area (TPSA) is 50.7 Å². The minimum absolute atomic E-state index is 0.0279. The monoisotopic (exact) mass is 478 g/mol. The lowest BCUT2D eigenvalue weighted by molar-refractivity contribution is -0.275. The fourth-order valence-electron chi connectivity index (χ4n) is 3.18. The van der Waals surface area contributed by atoms with Gasteiger partial charge in [0, 0.05) is 33.5 Å². The van der Waals surface area contributed by atoms with E-state index in [4.69, 9.17) is 39.6 Å². The molecule has 10 heteroatoms. The molecule has 0 radical (unpaired) electrons. The van der Waals surface area contributed by atoms with Crippen molar-refractivity contribution in [1.82, 2.24) is 5.32 Å². The van der Waals surface area contributed by atoms with E-state index in [0.717, 1.165) is 12.1 Å². The Balaban J connectivity index is 2.06. The molecule has 0 aromatic heterocycles. The van der Waals surface area contributed by atoms with Gasteiger partial charge in [-0.25, -0.2) is 0 Å². The van der Waals surface area contributed by atoms with Crippen molar-refractivity contribution in [2.75, 3.05) is 0 Å². The van der Waals surface area contributed by atoms with Crippen LogP contribution < -0.4 is 5.32 Å². The Morgan fingerprint density at radius 3 is 2.40 bits per heavy atom. The average Bonchev–Trinajstić information content (AvgIpc) is 3.12. The van der Waals surface area contributed by atoms with E-state index in [1.807, 2.05) is 0 Å². The summed E-state index contributed by atoms with van der Waals surface area (Å²) in [7, 11) is 0. The van der Waals surface area contributed by atoms with E-state index in [-0.39, 0.29) is 38.7 Å². The fraction of sp³-hybridized carbons (Fsp3) is 0.300. The third-order valence-corrected chi connectivity index (χ3v) is 5.49. The Hall–Kier alpha value is -1.96. The number of carbonyl (C=O) groups is 1. The summed E-state index contributed by atoms with van der Waals surface area (Å²) in [6.45, 7) is 1.62. The molecule has 30 heavy (non-hydrogen) atoms. The highest BCUT2D eigenvalue weighted by atomic mass is 35.5. The van der Waals surface area contributed by atoms with E-state index in [9.17, 15) is 18.0 Å². The SMILES string of the molecule is CCC(=O)NC(C1=NOC(c2cc(Cl)cc(Cl)c2)(C(F)(F)F)C1)c1ccccc1Cl. The van der Waals surface area contributed by atoms with Gasteiger partial charge >= 0.3 is 6.18 Å². The van der Waals surface area contributed by atoms with Gasteiger partial charge in [-0.05, 0) is 29.8 Å². The second-order valence-corrected chi connectivity index (χ2v) is 7.99. The molecule has 1 aliphatic rings. The smallest absolute Gasteiger partial charge is 0.374 e. The molecule has 2 atom stereocenters. The standard InChI is InChI=1S/C20H16Cl3F3N2O2/c1-2-17(29)27-18(14-5-3-4-6-15(14)23)16-10-19(30-28-16,20(24,25)26)11-7-12(21)9-13(22)8-11/h3-9,18H,2,10H2,1H3,(H,27,29). The second kappa shape index (κ2) is 8.65. The Morgan fingerprint density at radius 1 is 1.20 bits per heavy atom. The van der Waals surface area contributed by atoms with Crippen LogP contribution in [0.1, 0.15) is 36.9 Å². The number of hydrogen-bond donors (Lipinski definition) is 1. The number of amides is 1. The van der Waals surface area contributed by atoms with Gasteiger partial charge in [0.05, 0.1) is 11.8 Å². The number of halogens is 6. The van der Waals surface area contributed by atoms with Gasteiger partial charge in [0.25, 0.3) is 5.60 Å². The van der Waals surface area contributed by atoms with E-state index in [1.165, 1.54) is 6.07 Å². The molecule has 0 aliphatic carbocycles. The van der Waals surface area contributed by atoms with E-state index >= 15 is 0 Å². The van der Waals surface area contributed by atoms with Crippen LogP contribution in [0.5, 0.6) is 0 Å². The van der Waals surface area contributed by atoms with Crippen LogP contribution in [0.4, 0.5) is 13.2 Å². The van der Waals surface area contributed by atoms with Gasteiger partial charge in [0.1, 0.15) is 0 Å². The van der Waals surface area contributed by atoms with E-state index < -0.39 is 24.2 Å². The largest absolute Gasteiger partial charge is 0.435 e. The predicted octanol–water partition coefficient (Wildman–Crippen LogP) is 6.45. The van der Waals surface area contributed by atoms with E-state index in [0.29, 0.717) is 5.56 Å². The number of nitrogens with one attached hydrogen (secondary N) is 1. The summed E-state index contributed by atoms with van der Waals surface area (Å²) in [4.78, 5) is 17.1. The van der Waals surface area contributed by atoms with Crippen molar-refractivity contribution >= 4 is 46.4 Å². The number of hydrogen-bond acceptors (Lipinski definition) is 3. The van der Waals surface area contributed by atoms with Gasteiger partial charge in [-0.15, -0.1) is 0 Å². The van der Waals surface area contributed by atoms with Crippen molar-refractivity contribution < 1.29 is 22.8 Å². The first-order valence-corrected chi connectivity index (χ1v) is 10.0. The second-order valence-electron chi connectivity index (χ2n) is 6.71. The lowest BCUT2D eigenvalue weighted by atomic mass is 9.85. The van der Waals surface area contributed by atoms with Crippen molar-refractivity contribution in [3.8, 4) is 0 Å². The minimum Gasteiger partial charge on any atom is -0.374 e. The Labute approximate surface area is 185 Å². The summed E-state index contributed by atoms with van der Waals surface area (Å²) < 4.78 is 42.6. The van der Waals surface area contributed by atoms with Gasteiger partial charge in [-0.1, -0.05) is 65.1 Å². The van der Waals surface area contributed by atoms with Crippen LogP contribution in [-0.4, -0.2) is 17.8 Å². The summed E-state index contributed by atoms with van der Waals surface area (Å²) in [5, 5.41) is 6.74. The average molecular weight is 480 g/mol. The molecule has 160 valence electrons. The molecule has 1 amide bonds. The molecule has 2 aromatic carbocycles. The van der Waals surface area contributed by atoms with Gasteiger partial charge < -0.3 is 10.2 Å². The van der Waals surface area contributed by atoms with Crippen molar-refractivity contribution in [2.45, 2.75) is 37.6 Å². The first-order valence-electron chi connectivity index (χ1n) is 8.89. The van der Waals surface area contributed by atoms with Crippen LogP contribution in [0.2, 0.25) is 15.1 Å². The summed E-state index contributed by atoms with van der Waals surface area (Å²) in [6, 6.07) is 9.11. The van der Waals surface area contributed by atoms with Gasteiger partial charge in [-0.2, -0.15) is 13.2 Å². The van der Waals surface area contributed by atoms with Crippen molar-refractivity contribution in [3.63, 3.8) is 0 Å². The molecule has 0 fully saturated rings. The van der Waals surface area contributed by atoms with Gasteiger partial charge in [0.2, 0.25) is 5.91 Å². The molecular weight excluding hydrogens is 464 g/mol. The molecule has 0 saturated carbocycles. The molecule has 2 unspecified atom stereocenters. The zero-order valence-corrected chi connectivity index (χ0v) is 17.8. The third-order valence-electron chi connectivity index (χ3n) is 4.71. The molecule has 2 aromatic rings. The highest BCUT2D eigenvalue weighted by Gasteiger charge is 2.63. The van der Waals surface area contributed by atoms with Gasteiger partial charge in [0.15, 0.2) is 0 Å². The molecule has 4 nitrogen and oxygen atoms in total. The van der Waals surface area contributed by atoms with Crippen LogP contribution >= 0.6 is 34.8 Å². The molecule has 0 saturated heterocycles. The maximum atomic E-state index is 14.2. The van der Waals surface area contributed by atoms with Crippen LogP contribution in [0.15, 0.2) is 47.6 Å². The highest BCUT2D eigenvalue weighted by molar-refractivity contribution is 6.34. The summed E-state index contributed by atoms with van der Waals surface area (Å²) in [5.41, 5.74) is -2.71. The number of alkyl halides is 3. The molecule has 0 bridgehead atoms. The summed E-state index contributed by atoms with van der Waals surface area (Å²) in [6.07, 6.45) is -5.39. The number of oxime groups is 1. The molecule has 3 rings (SSSR count). The molecule has 1 N–H and O–H groups in total. The number of rotatable bonds is 5.